The maximum Gasteiger partial charge on any atom is 0.251 e. The lowest BCUT2D eigenvalue weighted by atomic mass is 9.91. The van der Waals surface area contributed by atoms with E-state index >= 15 is 0 Å². The van der Waals surface area contributed by atoms with Crippen LogP contribution in [0.2, 0.25) is 0 Å². The van der Waals surface area contributed by atoms with Gasteiger partial charge in [0.2, 0.25) is 5.89 Å². The van der Waals surface area contributed by atoms with Gasteiger partial charge in [-0.1, -0.05) is 29.4 Å². The maximum absolute atomic E-state index is 12.3. The van der Waals surface area contributed by atoms with Crippen molar-refractivity contribution in [2.24, 2.45) is 0 Å². The lowest BCUT2D eigenvalue weighted by molar-refractivity contribution is 0.0949. The van der Waals surface area contributed by atoms with Gasteiger partial charge >= 0.3 is 0 Å². The first-order chi connectivity index (χ1) is 17.2. The van der Waals surface area contributed by atoms with Gasteiger partial charge < -0.3 is 19.3 Å². The van der Waals surface area contributed by atoms with Crippen molar-refractivity contribution in [1.29, 1.82) is 0 Å². The highest BCUT2D eigenvalue weighted by atomic mass is 32.1. The Bertz CT molecular complexity index is 1290. The first-order valence-corrected chi connectivity index (χ1v) is 12.2. The Kier molecular flexibility index (Phi) is 6.78. The Morgan fingerprint density at radius 3 is 2.69 bits per heavy atom. The normalized spacial score (nSPS) is 15.4. The summed E-state index contributed by atoms with van der Waals surface area (Å²) in [4.78, 5) is 20.4. The lowest BCUT2D eigenvalue weighted by Crippen LogP contribution is -2.35. The number of ether oxygens (including phenoxy) is 2. The molecular formula is C26H26N4O4S. The van der Waals surface area contributed by atoms with Crippen LogP contribution in [0, 0.1) is 0 Å². The number of hydrogen-bond donors (Lipinski definition) is 1. The summed E-state index contributed by atoms with van der Waals surface area (Å²) < 4.78 is 16.7. The molecule has 1 N–H and O–H groups in total. The molecular weight excluding hydrogens is 464 g/mol. The van der Waals surface area contributed by atoms with Crippen LogP contribution < -0.4 is 14.8 Å². The number of benzene rings is 2. The molecule has 1 amide bonds. The summed E-state index contributed by atoms with van der Waals surface area (Å²) in [6, 6.07) is 17.4. The number of rotatable bonds is 8. The van der Waals surface area contributed by atoms with Crippen molar-refractivity contribution in [1.82, 2.24) is 20.4 Å². The maximum atomic E-state index is 12.3. The fraction of sp³-hybridized carbons (Fsp3) is 0.269. The molecule has 0 saturated heterocycles. The fourth-order valence-corrected chi connectivity index (χ4v) is 5.28. The number of hydrogen-bond acceptors (Lipinski definition) is 8. The van der Waals surface area contributed by atoms with Gasteiger partial charge in [-0.05, 0) is 53.3 Å². The van der Waals surface area contributed by atoms with Crippen molar-refractivity contribution in [2.75, 3.05) is 20.8 Å². The van der Waals surface area contributed by atoms with E-state index < -0.39 is 0 Å². The average Bonchev–Trinajstić information content (AvgIpc) is 3.59. The highest BCUT2D eigenvalue weighted by molar-refractivity contribution is 7.10. The molecule has 4 aromatic rings. The molecule has 9 heteroatoms. The Hall–Kier alpha value is -3.69. The van der Waals surface area contributed by atoms with Crippen LogP contribution in [0.4, 0.5) is 0 Å². The topological polar surface area (TPSA) is 89.7 Å². The van der Waals surface area contributed by atoms with Gasteiger partial charge in [0.1, 0.15) is 0 Å². The smallest absolute Gasteiger partial charge is 0.251 e. The number of aromatic nitrogens is 2. The van der Waals surface area contributed by atoms with Crippen LogP contribution in [-0.4, -0.2) is 41.7 Å². The van der Waals surface area contributed by atoms with E-state index in [-0.39, 0.29) is 18.5 Å². The van der Waals surface area contributed by atoms with E-state index in [1.807, 2.05) is 18.2 Å². The van der Waals surface area contributed by atoms with Gasteiger partial charge in [-0.3, -0.25) is 9.69 Å². The summed E-state index contributed by atoms with van der Waals surface area (Å²) in [6.45, 7) is 1.52. The molecule has 0 radical (unpaired) electrons. The van der Waals surface area contributed by atoms with Crippen LogP contribution in [0.1, 0.15) is 44.1 Å². The van der Waals surface area contributed by atoms with Crippen LogP contribution in [0.5, 0.6) is 11.5 Å². The second-order valence-corrected chi connectivity index (χ2v) is 9.18. The Morgan fingerprint density at radius 1 is 1.14 bits per heavy atom. The first kappa shape index (κ1) is 23.1. The largest absolute Gasteiger partial charge is 0.493 e. The van der Waals surface area contributed by atoms with Crippen LogP contribution in [0.15, 0.2) is 64.5 Å². The van der Waals surface area contributed by atoms with Gasteiger partial charge in [0.05, 0.1) is 33.4 Å². The van der Waals surface area contributed by atoms with Gasteiger partial charge in [0, 0.05) is 17.0 Å². The molecule has 0 saturated carbocycles. The monoisotopic (exact) mass is 490 g/mol. The van der Waals surface area contributed by atoms with E-state index in [4.69, 9.17) is 14.0 Å². The quantitative estimate of drug-likeness (QED) is 0.395. The number of fused-ring (bicyclic) bond motifs is 1. The van der Waals surface area contributed by atoms with Gasteiger partial charge in [-0.25, -0.2) is 0 Å². The number of nitrogens with one attached hydrogen (secondary N) is 1. The van der Waals surface area contributed by atoms with Gasteiger partial charge in [0.25, 0.3) is 5.91 Å². The van der Waals surface area contributed by atoms with Gasteiger partial charge in [-0.15, -0.1) is 11.3 Å². The summed E-state index contributed by atoms with van der Waals surface area (Å²) in [5, 5.41) is 8.99. The molecule has 3 heterocycles. The number of thiophene rings is 1. The highest BCUT2D eigenvalue weighted by Crippen LogP contribution is 2.42. The van der Waals surface area contributed by atoms with Crippen molar-refractivity contribution in [3.05, 3.63) is 93.3 Å². The zero-order chi connectivity index (χ0) is 24.2. The molecule has 35 heavy (non-hydrogen) atoms. The van der Waals surface area contributed by atoms with Crippen molar-refractivity contribution >= 4 is 17.2 Å². The zero-order valence-electron chi connectivity index (χ0n) is 19.6. The molecule has 1 unspecified atom stereocenters. The summed E-state index contributed by atoms with van der Waals surface area (Å²) in [5.41, 5.74) is 3.02. The van der Waals surface area contributed by atoms with Crippen molar-refractivity contribution < 1.29 is 18.8 Å². The molecule has 8 nitrogen and oxygen atoms in total. The van der Waals surface area contributed by atoms with E-state index in [0.29, 0.717) is 29.6 Å². The minimum atomic E-state index is -0.174. The van der Waals surface area contributed by atoms with Crippen LogP contribution in [-0.2, 0) is 19.5 Å². The lowest BCUT2D eigenvalue weighted by Gasteiger charge is -2.36. The van der Waals surface area contributed by atoms with E-state index in [9.17, 15) is 4.79 Å². The number of carbonyl (C=O) groups excluding carboxylic acids is 1. The van der Waals surface area contributed by atoms with Crippen molar-refractivity contribution in [3.8, 4) is 11.5 Å². The molecule has 5 rings (SSSR count). The molecule has 0 spiro atoms. The minimum absolute atomic E-state index is 0.0340. The van der Waals surface area contributed by atoms with Crippen molar-refractivity contribution in [2.45, 2.75) is 25.6 Å². The van der Waals surface area contributed by atoms with E-state index in [1.165, 1.54) is 16.0 Å². The standard InChI is InChI=1S/C26H26N4O4S/c1-32-20-13-18-10-11-30(25(22-9-6-12-35-22)19(18)14-21(20)33-2)16-24-28-23(29-34-24)15-27-26(31)17-7-4-3-5-8-17/h3-9,12-14,25H,10-11,15-16H2,1-2H3,(H,27,31). The van der Waals surface area contributed by atoms with Gasteiger partial charge in [-0.2, -0.15) is 4.98 Å². The summed E-state index contributed by atoms with van der Waals surface area (Å²) >= 11 is 1.72. The molecule has 0 fully saturated rings. The fourth-order valence-electron chi connectivity index (χ4n) is 4.40. The van der Waals surface area contributed by atoms with Crippen LogP contribution >= 0.6 is 11.3 Å². The van der Waals surface area contributed by atoms with Crippen molar-refractivity contribution in [3.63, 3.8) is 0 Å². The minimum Gasteiger partial charge on any atom is -0.493 e. The number of carbonyl (C=O) groups is 1. The first-order valence-electron chi connectivity index (χ1n) is 11.3. The molecule has 180 valence electrons. The van der Waals surface area contributed by atoms with Crippen LogP contribution in [0.3, 0.4) is 0 Å². The molecule has 2 aromatic heterocycles. The van der Waals surface area contributed by atoms with E-state index in [2.05, 4.69) is 50.0 Å². The number of nitrogens with zero attached hydrogens (tertiary/aromatic N) is 3. The molecule has 0 bridgehead atoms. The number of methoxy groups -OCH3 is 2. The summed E-state index contributed by atoms with van der Waals surface area (Å²) in [5.74, 6) is 2.24. The predicted octanol–water partition coefficient (Wildman–Crippen LogP) is 4.23. The Labute approximate surface area is 207 Å². The third-order valence-electron chi connectivity index (χ3n) is 6.08. The van der Waals surface area contributed by atoms with Gasteiger partial charge in [0.15, 0.2) is 17.3 Å². The second-order valence-electron chi connectivity index (χ2n) is 8.20. The third-order valence-corrected chi connectivity index (χ3v) is 7.00. The van der Waals surface area contributed by atoms with E-state index in [1.54, 1.807) is 37.7 Å². The number of amides is 1. The predicted molar refractivity (Wildman–Crippen MR) is 132 cm³/mol. The highest BCUT2D eigenvalue weighted by Gasteiger charge is 2.32. The Balaban J connectivity index is 1.34. The van der Waals surface area contributed by atoms with E-state index in [0.717, 1.165) is 18.7 Å². The zero-order valence-corrected chi connectivity index (χ0v) is 20.4. The second kappa shape index (κ2) is 10.3. The molecule has 1 aliphatic heterocycles. The SMILES string of the molecule is COc1cc2c(cc1OC)C(c1cccs1)N(Cc1nc(CNC(=O)c3ccccc3)no1)CC2. The summed E-state index contributed by atoms with van der Waals surface area (Å²) in [7, 11) is 3.31. The molecule has 2 aromatic carbocycles. The molecule has 1 atom stereocenters. The third kappa shape index (κ3) is 4.91. The van der Waals surface area contributed by atoms with Crippen LogP contribution in [0.25, 0.3) is 0 Å². The Morgan fingerprint density at radius 2 is 1.94 bits per heavy atom. The molecule has 1 aliphatic rings. The summed E-state index contributed by atoms with van der Waals surface area (Å²) in [6.07, 6.45) is 0.867. The molecule has 0 aliphatic carbocycles. The average molecular weight is 491 g/mol.